The van der Waals surface area contributed by atoms with Crippen molar-refractivity contribution in [1.29, 1.82) is 0 Å². The molecule has 0 unspecified atom stereocenters. The summed E-state index contributed by atoms with van der Waals surface area (Å²) in [4.78, 5) is 0. The molecule has 4 rings (SSSR count). The molecule has 0 atom stereocenters. The fourth-order valence-electron chi connectivity index (χ4n) is 3.57. The van der Waals surface area contributed by atoms with E-state index in [0.717, 1.165) is 0 Å². The summed E-state index contributed by atoms with van der Waals surface area (Å²) in [7, 11) is 13.5. The van der Waals surface area contributed by atoms with Gasteiger partial charge in [-0.2, -0.15) is 0 Å². The zero-order valence-corrected chi connectivity index (χ0v) is 26.7. The van der Waals surface area contributed by atoms with Crippen molar-refractivity contribution in [3.05, 3.63) is 119 Å². The molecule has 0 aliphatic carbocycles. The van der Waals surface area contributed by atoms with Crippen LogP contribution in [0.2, 0.25) is 0 Å². The van der Waals surface area contributed by atoms with E-state index in [9.17, 15) is 0 Å². The van der Waals surface area contributed by atoms with Gasteiger partial charge >= 0.3 is 216 Å². The second-order valence-corrected chi connectivity index (χ2v) is 22.7. The van der Waals surface area contributed by atoms with Crippen LogP contribution in [0.3, 0.4) is 0 Å². The van der Waals surface area contributed by atoms with Crippen LogP contribution in [0.15, 0.2) is 97.1 Å². The molecule has 0 saturated carbocycles. The van der Waals surface area contributed by atoms with E-state index >= 15 is 0 Å². The van der Waals surface area contributed by atoms with Gasteiger partial charge in [0, 0.05) is 0 Å². The topological polar surface area (TPSA) is 31.5 Å². The summed E-state index contributed by atoms with van der Waals surface area (Å²) in [6, 6.07) is 34.0. The molecular formula is C28H30Cl2OSn2. The van der Waals surface area contributed by atoms with Gasteiger partial charge in [0.15, 0.2) is 0 Å². The molecule has 4 aromatic rings. The van der Waals surface area contributed by atoms with Gasteiger partial charge in [-0.25, -0.2) is 0 Å². The van der Waals surface area contributed by atoms with Crippen molar-refractivity contribution in [2.24, 2.45) is 0 Å². The molecule has 2 N–H and O–H groups in total. The summed E-state index contributed by atoms with van der Waals surface area (Å²) in [6.45, 7) is 8.60. The summed E-state index contributed by atoms with van der Waals surface area (Å²) in [5.41, 5.74) is 5.32. The first-order chi connectivity index (χ1) is 15.4. The van der Waals surface area contributed by atoms with Crippen molar-refractivity contribution < 1.29 is 5.48 Å². The monoisotopic (exact) mass is 692 g/mol. The molecule has 0 heterocycles. The SMILES string of the molecule is Cc1cccc[c]1[Sn]([Cl])[c]1ccccc1C.Cc1cccc[c]1[Sn]([Cl])[c]1ccccc1C.O. The molecule has 4 aromatic carbocycles. The molecule has 0 amide bonds. The minimum absolute atomic E-state index is 0. The van der Waals surface area contributed by atoms with E-state index in [1.54, 1.807) is 0 Å². The Kier molecular flexibility index (Phi) is 11.8. The van der Waals surface area contributed by atoms with Gasteiger partial charge in [0.25, 0.3) is 0 Å². The number of benzene rings is 4. The normalized spacial score (nSPS) is 10.4. The summed E-state index contributed by atoms with van der Waals surface area (Å²) in [6.07, 6.45) is 0. The Labute approximate surface area is 220 Å². The summed E-state index contributed by atoms with van der Waals surface area (Å²) < 4.78 is 5.56. The quantitative estimate of drug-likeness (QED) is 0.284. The number of hydrogen-bond acceptors (Lipinski definition) is 0. The van der Waals surface area contributed by atoms with Crippen molar-refractivity contribution in [2.75, 3.05) is 0 Å². The van der Waals surface area contributed by atoms with Crippen LogP contribution in [-0.4, -0.2) is 42.7 Å². The van der Waals surface area contributed by atoms with E-state index in [-0.39, 0.29) is 5.48 Å². The second kappa shape index (κ2) is 13.8. The van der Waals surface area contributed by atoms with Gasteiger partial charge in [0.2, 0.25) is 0 Å². The largest absolute Gasteiger partial charge is 0.412 e. The van der Waals surface area contributed by atoms with E-state index in [2.05, 4.69) is 125 Å². The number of aryl methyl sites for hydroxylation is 4. The summed E-state index contributed by atoms with van der Waals surface area (Å²) in [5.74, 6) is 0. The Morgan fingerprint density at radius 3 is 0.758 bits per heavy atom. The molecule has 0 aliphatic heterocycles. The molecule has 33 heavy (non-hydrogen) atoms. The third kappa shape index (κ3) is 7.50. The van der Waals surface area contributed by atoms with Crippen LogP contribution in [0.1, 0.15) is 22.3 Å². The molecule has 0 aromatic heterocycles. The maximum absolute atomic E-state index is 6.74. The van der Waals surface area contributed by atoms with E-state index in [0.29, 0.717) is 0 Å². The van der Waals surface area contributed by atoms with Gasteiger partial charge in [0.05, 0.1) is 0 Å². The van der Waals surface area contributed by atoms with Crippen molar-refractivity contribution in [1.82, 2.24) is 0 Å². The molecular weight excluding hydrogens is 661 g/mol. The van der Waals surface area contributed by atoms with Crippen molar-refractivity contribution in [3.8, 4) is 0 Å². The van der Waals surface area contributed by atoms with Gasteiger partial charge in [-0.3, -0.25) is 0 Å². The zero-order valence-electron chi connectivity index (χ0n) is 19.5. The predicted molar refractivity (Wildman–Crippen MR) is 150 cm³/mol. The predicted octanol–water partition coefficient (Wildman–Crippen LogP) is 4.47. The maximum atomic E-state index is 6.74. The summed E-state index contributed by atoms with van der Waals surface area (Å²) >= 11 is -4.28. The first-order valence-corrected chi connectivity index (χ1v) is 23.6. The van der Waals surface area contributed by atoms with Gasteiger partial charge in [-0.1, -0.05) is 0 Å². The van der Waals surface area contributed by atoms with Crippen LogP contribution in [-0.2, 0) is 0 Å². The molecule has 0 spiro atoms. The van der Waals surface area contributed by atoms with Gasteiger partial charge in [0.1, 0.15) is 0 Å². The Morgan fingerprint density at radius 2 is 0.576 bits per heavy atom. The van der Waals surface area contributed by atoms with Crippen LogP contribution in [0.4, 0.5) is 0 Å². The van der Waals surface area contributed by atoms with Gasteiger partial charge < -0.3 is 5.48 Å². The fraction of sp³-hybridized carbons (Fsp3) is 0.143. The van der Waals surface area contributed by atoms with Gasteiger partial charge in [-0.15, -0.1) is 0 Å². The molecule has 0 bridgehead atoms. The fourth-order valence-corrected chi connectivity index (χ4v) is 18.6. The molecule has 5 heteroatoms. The second-order valence-electron chi connectivity index (χ2n) is 7.89. The summed E-state index contributed by atoms with van der Waals surface area (Å²) in [5, 5.41) is 0. The third-order valence-electron chi connectivity index (χ3n) is 5.53. The zero-order chi connectivity index (χ0) is 23.1. The first kappa shape index (κ1) is 28.3. The molecule has 0 fully saturated rings. The van der Waals surface area contributed by atoms with Gasteiger partial charge in [-0.05, 0) is 0 Å². The van der Waals surface area contributed by atoms with Crippen LogP contribution in [0, 0.1) is 27.7 Å². The van der Waals surface area contributed by atoms with E-state index in [4.69, 9.17) is 17.8 Å². The average Bonchev–Trinajstić information content (AvgIpc) is 2.80. The van der Waals surface area contributed by atoms with Crippen molar-refractivity contribution in [3.63, 3.8) is 0 Å². The molecule has 2 radical (unpaired) electrons. The molecule has 0 saturated heterocycles. The molecule has 1 nitrogen and oxygen atoms in total. The van der Waals surface area contributed by atoms with Crippen LogP contribution >= 0.6 is 17.8 Å². The standard InChI is InChI=1S/4C7H7.2ClH.H2O.2Sn/c4*1-7-5-3-2-4-6-7;;;;;/h4*2-5H,1H3;2*1H;1H2;;/q;;;;;;;2*+1/p-2. The Bertz CT molecular complexity index is 996. The van der Waals surface area contributed by atoms with Crippen LogP contribution < -0.4 is 14.3 Å². The molecule has 170 valence electrons. The van der Waals surface area contributed by atoms with Crippen molar-refractivity contribution >= 4 is 69.4 Å². The Balaban J connectivity index is 0.000000227. The smallest absolute Gasteiger partial charge is 0.412 e. The number of halogens is 2. The third-order valence-corrected chi connectivity index (χ3v) is 22.8. The average molecular weight is 691 g/mol. The number of rotatable bonds is 4. The van der Waals surface area contributed by atoms with E-state index in [1.807, 2.05) is 0 Å². The van der Waals surface area contributed by atoms with E-state index in [1.165, 1.54) is 36.6 Å². The first-order valence-electron chi connectivity index (χ1n) is 10.7. The van der Waals surface area contributed by atoms with Crippen molar-refractivity contribution in [2.45, 2.75) is 27.7 Å². The Morgan fingerprint density at radius 1 is 0.394 bits per heavy atom. The van der Waals surface area contributed by atoms with Crippen LogP contribution in [0.5, 0.6) is 0 Å². The number of hydrogen-bond donors (Lipinski definition) is 0. The maximum Gasteiger partial charge on any atom is -0.412 e. The minimum Gasteiger partial charge on any atom is -0.412 e. The Hall–Kier alpha value is -0.983. The minimum atomic E-state index is -2.14. The molecule has 0 aliphatic rings. The van der Waals surface area contributed by atoms with Crippen LogP contribution in [0.25, 0.3) is 0 Å². The van der Waals surface area contributed by atoms with E-state index < -0.39 is 37.3 Å².